The summed E-state index contributed by atoms with van der Waals surface area (Å²) < 4.78 is 1.66. The Kier molecular flexibility index (Phi) is 4.12. The van der Waals surface area contributed by atoms with Gasteiger partial charge in [0.25, 0.3) is 0 Å². The van der Waals surface area contributed by atoms with Crippen molar-refractivity contribution in [2.75, 3.05) is 38.2 Å². The number of nitrogens with two attached hydrogens (primary N) is 1. The fraction of sp³-hybridized carbons (Fsp3) is 0.556. The predicted molar refractivity (Wildman–Crippen MR) is 61.3 cm³/mol. The summed E-state index contributed by atoms with van der Waals surface area (Å²) in [5.41, 5.74) is 6.14. The summed E-state index contributed by atoms with van der Waals surface area (Å²) in [4.78, 5) is 12.5. The Bertz CT molecular complexity index is 361. The van der Waals surface area contributed by atoms with Crippen molar-refractivity contribution in [3.8, 4) is 0 Å². The van der Waals surface area contributed by atoms with Crippen molar-refractivity contribution in [2.45, 2.75) is 6.54 Å². The van der Waals surface area contributed by atoms with Gasteiger partial charge in [-0.15, -0.1) is 0 Å². The van der Waals surface area contributed by atoms with Crippen LogP contribution in [0, 0.1) is 0 Å². The van der Waals surface area contributed by atoms with E-state index in [1.165, 1.54) is 6.20 Å². The fourth-order valence-electron chi connectivity index (χ4n) is 1.22. The minimum atomic E-state index is -0.931. The molecule has 0 spiro atoms. The zero-order chi connectivity index (χ0) is 12.1. The fourth-order valence-corrected chi connectivity index (χ4v) is 1.22. The number of carboxylic acid groups (broad SMARTS) is 1. The Balaban J connectivity index is 2.65. The zero-order valence-corrected chi connectivity index (χ0v) is 9.47. The van der Waals surface area contributed by atoms with Gasteiger partial charge in [0.15, 0.2) is 0 Å². The first-order valence-electron chi connectivity index (χ1n) is 4.92. The van der Waals surface area contributed by atoms with Crippen LogP contribution in [0.25, 0.3) is 0 Å². The molecule has 7 heteroatoms. The van der Waals surface area contributed by atoms with E-state index in [2.05, 4.69) is 10.4 Å². The predicted octanol–water partition coefficient (Wildman–Crippen LogP) is -0.477. The molecule has 7 nitrogen and oxygen atoms in total. The van der Waals surface area contributed by atoms with Gasteiger partial charge >= 0.3 is 5.97 Å². The molecule has 0 fully saturated rings. The summed E-state index contributed by atoms with van der Waals surface area (Å²) in [5.74, 6) is -0.371. The van der Waals surface area contributed by atoms with Gasteiger partial charge in [-0.05, 0) is 14.1 Å². The standard InChI is InChI=1S/C9H17N5O2/c1-13(2)3-4-14-9(7(10)5-12-14)11-6-8(15)16/h5,11H,3-4,6,10H2,1-2H3,(H,15,16). The molecule has 1 rings (SSSR count). The molecular weight excluding hydrogens is 210 g/mol. The zero-order valence-electron chi connectivity index (χ0n) is 9.47. The maximum atomic E-state index is 10.4. The van der Waals surface area contributed by atoms with Crippen LogP contribution in [0.4, 0.5) is 11.5 Å². The van der Waals surface area contributed by atoms with Gasteiger partial charge in [0.1, 0.15) is 12.4 Å². The first-order valence-corrected chi connectivity index (χ1v) is 4.92. The highest BCUT2D eigenvalue weighted by Gasteiger charge is 2.09. The van der Waals surface area contributed by atoms with Crippen molar-refractivity contribution in [2.24, 2.45) is 0 Å². The van der Waals surface area contributed by atoms with Crippen LogP contribution in [-0.4, -0.2) is 52.9 Å². The van der Waals surface area contributed by atoms with E-state index in [4.69, 9.17) is 10.8 Å². The highest BCUT2D eigenvalue weighted by Crippen LogP contribution is 2.16. The summed E-state index contributed by atoms with van der Waals surface area (Å²) in [6, 6.07) is 0. The third-order valence-corrected chi connectivity index (χ3v) is 2.03. The number of nitrogens with zero attached hydrogens (tertiary/aromatic N) is 3. The summed E-state index contributed by atoms with van der Waals surface area (Å²) >= 11 is 0. The molecule has 0 saturated carbocycles. The van der Waals surface area contributed by atoms with Crippen LogP contribution in [0.2, 0.25) is 0 Å². The molecule has 0 aliphatic heterocycles. The van der Waals surface area contributed by atoms with Crippen molar-refractivity contribution in [3.05, 3.63) is 6.20 Å². The molecule has 1 aromatic heterocycles. The number of aromatic nitrogens is 2. The van der Waals surface area contributed by atoms with Gasteiger partial charge in [-0.1, -0.05) is 0 Å². The monoisotopic (exact) mass is 227 g/mol. The van der Waals surface area contributed by atoms with Crippen LogP contribution < -0.4 is 11.1 Å². The van der Waals surface area contributed by atoms with Gasteiger partial charge < -0.3 is 21.1 Å². The van der Waals surface area contributed by atoms with E-state index in [1.54, 1.807) is 4.68 Å². The SMILES string of the molecule is CN(C)CCn1ncc(N)c1NCC(=O)O. The number of nitrogen functional groups attached to an aromatic ring is 1. The second-order valence-electron chi connectivity index (χ2n) is 3.72. The smallest absolute Gasteiger partial charge is 0.322 e. The van der Waals surface area contributed by atoms with Crippen molar-refractivity contribution in [1.82, 2.24) is 14.7 Å². The highest BCUT2D eigenvalue weighted by atomic mass is 16.4. The first kappa shape index (κ1) is 12.3. The van der Waals surface area contributed by atoms with Gasteiger partial charge in [-0.2, -0.15) is 5.10 Å². The van der Waals surface area contributed by atoms with E-state index >= 15 is 0 Å². The first-order chi connectivity index (χ1) is 7.50. The molecule has 0 radical (unpaired) electrons. The topological polar surface area (TPSA) is 96.4 Å². The van der Waals surface area contributed by atoms with Gasteiger partial charge in [-0.3, -0.25) is 4.79 Å². The molecular formula is C9H17N5O2. The number of hydrogen-bond donors (Lipinski definition) is 3. The second kappa shape index (κ2) is 5.36. The molecule has 4 N–H and O–H groups in total. The molecule has 0 aliphatic carbocycles. The van der Waals surface area contributed by atoms with Gasteiger partial charge in [0.05, 0.1) is 18.4 Å². The van der Waals surface area contributed by atoms with E-state index < -0.39 is 5.97 Å². The lowest BCUT2D eigenvalue weighted by Gasteiger charge is -2.12. The second-order valence-corrected chi connectivity index (χ2v) is 3.72. The number of rotatable bonds is 6. The molecule has 0 saturated heterocycles. The molecule has 0 amide bonds. The Hall–Kier alpha value is -1.76. The third-order valence-electron chi connectivity index (χ3n) is 2.03. The number of hydrogen-bond acceptors (Lipinski definition) is 5. The molecule has 0 aliphatic rings. The lowest BCUT2D eigenvalue weighted by atomic mass is 10.5. The van der Waals surface area contributed by atoms with E-state index in [0.29, 0.717) is 18.1 Å². The number of anilines is 2. The number of likely N-dealkylation sites (N-methyl/N-ethyl adjacent to an activating group) is 1. The largest absolute Gasteiger partial charge is 0.480 e. The van der Waals surface area contributed by atoms with Crippen LogP contribution in [0.3, 0.4) is 0 Å². The van der Waals surface area contributed by atoms with Crippen LogP contribution >= 0.6 is 0 Å². The Morgan fingerprint density at radius 1 is 1.69 bits per heavy atom. The number of aliphatic carboxylic acids is 1. The van der Waals surface area contributed by atoms with E-state index in [1.807, 2.05) is 19.0 Å². The van der Waals surface area contributed by atoms with Crippen LogP contribution in [0.15, 0.2) is 6.20 Å². The summed E-state index contributed by atoms with van der Waals surface area (Å²) in [5, 5.41) is 15.4. The van der Waals surface area contributed by atoms with Crippen molar-refractivity contribution >= 4 is 17.5 Å². The minimum Gasteiger partial charge on any atom is -0.480 e. The third kappa shape index (κ3) is 3.43. The number of carboxylic acids is 1. The number of carbonyl (C=O) groups is 1. The maximum absolute atomic E-state index is 10.4. The van der Waals surface area contributed by atoms with E-state index in [0.717, 1.165) is 6.54 Å². The lowest BCUT2D eigenvalue weighted by molar-refractivity contribution is -0.134. The normalized spacial score (nSPS) is 10.7. The lowest BCUT2D eigenvalue weighted by Crippen LogP contribution is -2.22. The molecule has 16 heavy (non-hydrogen) atoms. The van der Waals surface area contributed by atoms with Gasteiger partial charge in [0, 0.05) is 6.54 Å². The van der Waals surface area contributed by atoms with Crippen molar-refractivity contribution in [3.63, 3.8) is 0 Å². The Labute approximate surface area is 93.8 Å². The average Bonchev–Trinajstić information content (AvgIpc) is 2.53. The maximum Gasteiger partial charge on any atom is 0.322 e. The Morgan fingerprint density at radius 3 is 2.94 bits per heavy atom. The van der Waals surface area contributed by atoms with Crippen LogP contribution in [0.5, 0.6) is 0 Å². The molecule has 1 aromatic rings. The minimum absolute atomic E-state index is 0.169. The number of nitrogens with one attached hydrogen (secondary N) is 1. The molecule has 0 unspecified atom stereocenters. The molecule has 1 heterocycles. The molecule has 0 atom stereocenters. The van der Waals surface area contributed by atoms with Crippen molar-refractivity contribution in [1.29, 1.82) is 0 Å². The summed E-state index contributed by atoms with van der Waals surface area (Å²) in [6.45, 7) is 1.30. The molecule has 0 aromatic carbocycles. The summed E-state index contributed by atoms with van der Waals surface area (Å²) in [6.07, 6.45) is 1.51. The van der Waals surface area contributed by atoms with E-state index in [9.17, 15) is 4.79 Å². The van der Waals surface area contributed by atoms with Gasteiger partial charge in [0.2, 0.25) is 0 Å². The summed E-state index contributed by atoms with van der Waals surface area (Å²) in [7, 11) is 3.91. The molecule has 90 valence electrons. The average molecular weight is 227 g/mol. The van der Waals surface area contributed by atoms with Crippen molar-refractivity contribution < 1.29 is 9.90 Å². The quantitative estimate of drug-likeness (QED) is 0.607. The van der Waals surface area contributed by atoms with Crippen LogP contribution in [0.1, 0.15) is 0 Å². The van der Waals surface area contributed by atoms with E-state index in [-0.39, 0.29) is 6.54 Å². The highest BCUT2D eigenvalue weighted by molar-refractivity contribution is 5.74. The molecule has 0 bridgehead atoms. The van der Waals surface area contributed by atoms with Gasteiger partial charge in [-0.25, -0.2) is 4.68 Å². The van der Waals surface area contributed by atoms with Crippen LogP contribution in [-0.2, 0) is 11.3 Å². The Morgan fingerprint density at radius 2 is 2.38 bits per heavy atom.